The number of H-pyrrole nitrogens is 1. The van der Waals surface area contributed by atoms with Crippen LogP contribution in [0.5, 0.6) is 0 Å². The summed E-state index contributed by atoms with van der Waals surface area (Å²) in [5.41, 5.74) is -5.93. The van der Waals surface area contributed by atoms with Gasteiger partial charge in [-0.3, -0.25) is 9.59 Å². The molecule has 0 radical (unpaired) electrons. The van der Waals surface area contributed by atoms with E-state index in [9.17, 15) is 40.3 Å². The van der Waals surface area contributed by atoms with Crippen molar-refractivity contribution in [3.05, 3.63) is 80.4 Å². The van der Waals surface area contributed by atoms with Crippen LogP contribution in [0.15, 0.2) is 46.5 Å². The molecule has 1 aromatic carbocycles. The molecule has 4 aromatic rings. The van der Waals surface area contributed by atoms with Gasteiger partial charge in [0, 0.05) is 31.2 Å². The van der Waals surface area contributed by atoms with Gasteiger partial charge in [0.2, 0.25) is 0 Å². The Labute approximate surface area is 225 Å². The SMILES string of the molecule is CCC(CCCn1ccc2cc(-c3ncc(C(F)(F)F)cn3)c(F)c(F)c2c1=O)Nc1cn[nH]c(=O)c1C(F)(F)F. The van der Waals surface area contributed by atoms with Crippen LogP contribution in [0.1, 0.15) is 37.3 Å². The second kappa shape index (κ2) is 11.2. The van der Waals surface area contributed by atoms with Crippen LogP contribution >= 0.6 is 0 Å². The maximum atomic E-state index is 15.0. The third-order valence-electron chi connectivity index (χ3n) is 6.31. The minimum atomic E-state index is -4.92. The molecule has 1 atom stereocenters. The third-order valence-corrected chi connectivity index (χ3v) is 6.31. The molecule has 3 aromatic heterocycles. The van der Waals surface area contributed by atoms with Crippen LogP contribution < -0.4 is 16.4 Å². The van der Waals surface area contributed by atoms with E-state index in [-0.39, 0.29) is 24.8 Å². The summed E-state index contributed by atoms with van der Waals surface area (Å²) < 4.78 is 109. The fourth-order valence-electron chi connectivity index (χ4n) is 4.22. The lowest BCUT2D eigenvalue weighted by molar-refractivity contribution is -0.139. The molecule has 3 heterocycles. The first-order valence-electron chi connectivity index (χ1n) is 12.0. The van der Waals surface area contributed by atoms with E-state index in [0.717, 1.165) is 16.8 Å². The van der Waals surface area contributed by atoms with E-state index in [1.54, 1.807) is 12.0 Å². The minimum Gasteiger partial charge on any atom is -0.380 e. The van der Waals surface area contributed by atoms with Gasteiger partial charge in [0.25, 0.3) is 11.1 Å². The van der Waals surface area contributed by atoms with Crippen LogP contribution in [0, 0.1) is 11.6 Å². The Balaban J connectivity index is 1.54. The topological polar surface area (TPSA) is 106 Å². The Morgan fingerprint density at radius 1 is 1.00 bits per heavy atom. The summed E-state index contributed by atoms with van der Waals surface area (Å²) in [4.78, 5) is 31.6. The van der Waals surface area contributed by atoms with Gasteiger partial charge in [-0.15, -0.1) is 0 Å². The summed E-state index contributed by atoms with van der Waals surface area (Å²) >= 11 is 0. The molecule has 0 fully saturated rings. The molecule has 0 saturated carbocycles. The number of anilines is 1. The summed E-state index contributed by atoms with van der Waals surface area (Å²) in [5, 5.41) is 7.15. The molecule has 41 heavy (non-hydrogen) atoms. The van der Waals surface area contributed by atoms with Gasteiger partial charge < -0.3 is 9.88 Å². The van der Waals surface area contributed by atoms with Crippen LogP contribution in [0.3, 0.4) is 0 Å². The second-order valence-electron chi connectivity index (χ2n) is 9.00. The van der Waals surface area contributed by atoms with E-state index >= 15 is 4.39 Å². The van der Waals surface area contributed by atoms with Gasteiger partial charge in [0.05, 0.1) is 28.4 Å². The number of rotatable bonds is 8. The predicted octanol–water partition coefficient (Wildman–Crippen LogP) is 5.53. The van der Waals surface area contributed by atoms with Crippen molar-refractivity contribution >= 4 is 16.5 Å². The van der Waals surface area contributed by atoms with E-state index in [4.69, 9.17) is 0 Å². The van der Waals surface area contributed by atoms with Crippen molar-refractivity contribution in [3.63, 3.8) is 0 Å². The zero-order chi connectivity index (χ0) is 30.1. The minimum absolute atomic E-state index is 0.00245. The Morgan fingerprint density at radius 2 is 1.68 bits per heavy atom. The van der Waals surface area contributed by atoms with Crippen molar-refractivity contribution in [2.75, 3.05) is 5.32 Å². The lowest BCUT2D eigenvalue weighted by Crippen LogP contribution is -2.28. The van der Waals surface area contributed by atoms with Gasteiger partial charge in [-0.05, 0) is 36.8 Å². The number of aromatic amines is 1. The highest BCUT2D eigenvalue weighted by atomic mass is 19.4. The van der Waals surface area contributed by atoms with Crippen LogP contribution in [0.4, 0.5) is 40.8 Å². The number of hydrogen-bond acceptors (Lipinski definition) is 6. The highest BCUT2D eigenvalue weighted by Gasteiger charge is 2.37. The first-order valence-corrected chi connectivity index (χ1v) is 12.0. The molecule has 0 bridgehead atoms. The van der Waals surface area contributed by atoms with E-state index in [1.807, 2.05) is 0 Å². The molecule has 16 heteroatoms. The number of halogens is 8. The number of pyridine rings is 1. The molecule has 1 unspecified atom stereocenters. The van der Waals surface area contributed by atoms with Gasteiger partial charge in [-0.1, -0.05) is 6.92 Å². The second-order valence-corrected chi connectivity index (χ2v) is 9.00. The highest BCUT2D eigenvalue weighted by molar-refractivity contribution is 5.86. The van der Waals surface area contributed by atoms with Gasteiger partial charge in [0.1, 0.15) is 5.56 Å². The average Bonchev–Trinajstić information content (AvgIpc) is 2.90. The maximum absolute atomic E-state index is 15.0. The van der Waals surface area contributed by atoms with Gasteiger partial charge >= 0.3 is 12.4 Å². The number of hydrogen-bond donors (Lipinski definition) is 2. The van der Waals surface area contributed by atoms with Crippen LogP contribution in [-0.4, -0.2) is 30.8 Å². The van der Waals surface area contributed by atoms with Gasteiger partial charge in [0.15, 0.2) is 17.5 Å². The Hall–Kier alpha value is -4.37. The summed E-state index contributed by atoms with van der Waals surface area (Å²) in [7, 11) is 0. The number of benzene rings is 1. The summed E-state index contributed by atoms with van der Waals surface area (Å²) in [6.45, 7) is 1.70. The maximum Gasteiger partial charge on any atom is 0.423 e. The number of nitrogens with one attached hydrogen (secondary N) is 2. The fourth-order valence-corrected chi connectivity index (χ4v) is 4.22. The number of aryl methyl sites for hydroxylation is 1. The first-order chi connectivity index (χ1) is 19.2. The largest absolute Gasteiger partial charge is 0.423 e. The lowest BCUT2D eigenvalue weighted by Gasteiger charge is -2.20. The molecule has 8 nitrogen and oxygen atoms in total. The lowest BCUT2D eigenvalue weighted by atomic mass is 10.1. The molecule has 2 N–H and O–H groups in total. The Morgan fingerprint density at radius 3 is 2.29 bits per heavy atom. The zero-order valence-electron chi connectivity index (χ0n) is 21.0. The smallest absolute Gasteiger partial charge is 0.380 e. The fraction of sp³-hybridized carbons (Fsp3) is 0.320. The van der Waals surface area contributed by atoms with Crippen molar-refractivity contribution in [1.29, 1.82) is 0 Å². The van der Waals surface area contributed by atoms with E-state index in [1.165, 1.54) is 12.3 Å². The Bertz CT molecular complexity index is 1680. The molecule has 0 amide bonds. The number of nitrogens with zero attached hydrogens (tertiary/aromatic N) is 4. The molecule has 0 aliphatic carbocycles. The van der Waals surface area contributed by atoms with E-state index in [0.29, 0.717) is 18.8 Å². The average molecular weight is 588 g/mol. The van der Waals surface area contributed by atoms with Crippen molar-refractivity contribution in [3.8, 4) is 11.4 Å². The first kappa shape index (κ1) is 29.6. The molecule has 0 saturated heterocycles. The van der Waals surface area contributed by atoms with Gasteiger partial charge in [-0.2, -0.15) is 31.4 Å². The Kier molecular flexibility index (Phi) is 8.12. The molecule has 0 aliphatic rings. The third kappa shape index (κ3) is 6.20. The summed E-state index contributed by atoms with van der Waals surface area (Å²) in [6, 6.07) is 1.81. The van der Waals surface area contributed by atoms with E-state index in [2.05, 4.69) is 20.4 Å². The molecule has 218 valence electrons. The highest BCUT2D eigenvalue weighted by Crippen LogP contribution is 2.33. The van der Waals surface area contributed by atoms with Crippen molar-refractivity contribution in [2.45, 2.75) is 51.1 Å². The normalized spacial score (nSPS) is 13.0. The van der Waals surface area contributed by atoms with Gasteiger partial charge in [-0.25, -0.2) is 23.8 Å². The summed E-state index contributed by atoms with van der Waals surface area (Å²) in [5.74, 6) is -3.56. The van der Waals surface area contributed by atoms with Crippen LogP contribution in [0.25, 0.3) is 22.2 Å². The van der Waals surface area contributed by atoms with Crippen molar-refractivity contribution in [1.82, 2.24) is 24.7 Å². The molecule has 0 aliphatic heterocycles. The number of alkyl halides is 6. The predicted molar refractivity (Wildman–Crippen MR) is 131 cm³/mol. The number of fused-ring (bicyclic) bond motifs is 1. The monoisotopic (exact) mass is 588 g/mol. The standard InChI is InChI=1S/C25H20F8N6O2/c1-2-14(37-16-11-36-38-22(40)18(16)25(31,32)33)4-3-6-39-7-5-12-8-15(19(26)20(27)17(12)23(39)41)21-34-9-13(10-35-21)24(28,29)30/h5,7-11,14H,2-4,6H2,1H3,(H2,37,38,40). The zero-order valence-corrected chi connectivity index (χ0v) is 21.0. The molecular weight excluding hydrogens is 568 g/mol. The molecular formula is C25H20F8N6O2. The molecule has 4 rings (SSSR count). The quantitative estimate of drug-likeness (QED) is 0.263. The van der Waals surface area contributed by atoms with Crippen LogP contribution in [-0.2, 0) is 18.9 Å². The van der Waals surface area contributed by atoms with Crippen LogP contribution in [0.2, 0.25) is 0 Å². The number of aromatic nitrogens is 5. The van der Waals surface area contributed by atoms with Crippen molar-refractivity contribution < 1.29 is 35.1 Å². The van der Waals surface area contributed by atoms with Crippen molar-refractivity contribution in [2.24, 2.45) is 0 Å². The summed E-state index contributed by atoms with van der Waals surface area (Å²) in [6.07, 6.45) is -5.82. The molecule has 0 spiro atoms. The van der Waals surface area contributed by atoms with E-state index < -0.39 is 74.7 Å².